The minimum Gasteiger partial charge on any atom is -0.295 e. The van der Waals surface area contributed by atoms with Gasteiger partial charge in [0.25, 0.3) is 0 Å². The lowest BCUT2D eigenvalue weighted by Crippen LogP contribution is -2.04. The van der Waals surface area contributed by atoms with Crippen molar-refractivity contribution < 1.29 is 4.79 Å². The number of carbonyl (C=O) groups excluding carboxylic acids is 1. The third kappa shape index (κ3) is 2.07. The van der Waals surface area contributed by atoms with E-state index in [4.69, 9.17) is 0 Å². The number of nitrogens with zero attached hydrogens (tertiary/aromatic N) is 3. The number of carbonyl (C=O) groups is 1. The number of hydrogen-bond acceptors (Lipinski definition) is 3. The molecule has 1 aliphatic carbocycles. The van der Waals surface area contributed by atoms with E-state index in [-0.39, 0.29) is 5.78 Å². The van der Waals surface area contributed by atoms with E-state index in [0.717, 1.165) is 25.0 Å². The maximum Gasteiger partial charge on any atom is 0.155 e. The maximum atomic E-state index is 11.2. The van der Waals surface area contributed by atoms with E-state index in [9.17, 15) is 4.79 Å². The lowest BCUT2D eigenvalue weighted by Gasteiger charge is -2.09. The van der Waals surface area contributed by atoms with Crippen LogP contribution in [0, 0.1) is 0 Å². The van der Waals surface area contributed by atoms with Crippen molar-refractivity contribution in [2.75, 3.05) is 0 Å². The molecule has 1 aromatic heterocycles. The minimum atomic E-state index is 0.246. The van der Waals surface area contributed by atoms with Gasteiger partial charge in [-0.25, -0.2) is 0 Å². The van der Waals surface area contributed by atoms with Gasteiger partial charge in [-0.05, 0) is 18.9 Å². The largest absolute Gasteiger partial charge is 0.295 e. The summed E-state index contributed by atoms with van der Waals surface area (Å²) < 4.78 is 1.68. The maximum absolute atomic E-state index is 11.2. The van der Waals surface area contributed by atoms with Gasteiger partial charge in [0, 0.05) is 26.1 Å². The third-order valence-corrected chi connectivity index (χ3v) is 2.34. The fourth-order valence-electron chi connectivity index (χ4n) is 1.71. The van der Waals surface area contributed by atoms with Gasteiger partial charge in [-0.3, -0.25) is 9.48 Å². The van der Waals surface area contributed by atoms with Crippen LogP contribution >= 0.6 is 0 Å². The lowest BCUT2D eigenvalue weighted by molar-refractivity contribution is -0.115. The Kier molecular flexibility index (Phi) is 2.43. The molecule has 1 aliphatic rings. The van der Waals surface area contributed by atoms with Crippen LogP contribution in [0.4, 0.5) is 0 Å². The molecule has 0 saturated carbocycles. The summed E-state index contributed by atoms with van der Waals surface area (Å²) in [5.41, 5.74) is 2.12. The Labute approximate surface area is 82.6 Å². The van der Waals surface area contributed by atoms with Gasteiger partial charge in [0.05, 0.1) is 5.69 Å². The van der Waals surface area contributed by atoms with Crippen LogP contribution in [0.2, 0.25) is 0 Å². The zero-order chi connectivity index (χ0) is 9.97. The summed E-state index contributed by atoms with van der Waals surface area (Å²) in [6, 6.07) is 0. The van der Waals surface area contributed by atoms with E-state index >= 15 is 0 Å². The molecule has 0 fully saturated rings. The fraction of sp³-hybridized carbons (Fsp3) is 0.500. The standard InChI is InChI=1S/C10H13N3O/c1-13-7-9(11-12-13)5-8-3-2-4-10(14)6-8/h6-7H,2-5H2,1H3. The molecular weight excluding hydrogens is 178 g/mol. The first kappa shape index (κ1) is 9.12. The van der Waals surface area contributed by atoms with Crippen LogP contribution in [0.5, 0.6) is 0 Å². The van der Waals surface area contributed by atoms with E-state index in [2.05, 4.69) is 10.3 Å². The molecule has 1 aromatic rings. The van der Waals surface area contributed by atoms with Gasteiger partial charge in [-0.1, -0.05) is 10.8 Å². The normalized spacial score (nSPS) is 16.9. The molecular formula is C10H13N3O. The second-order valence-electron chi connectivity index (χ2n) is 3.68. The van der Waals surface area contributed by atoms with Crippen molar-refractivity contribution >= 4 is 5.78 Å². The second kappa shape index (κ2) is 3.74. The highest BCUT2D eigenvalue weighted by atomic mass is 16.1. The number of hydrogen-bond donors (Lipinski definition) is 0. The Bertz CT molecular complexity index is 378. The summed E-state index contributed by atoms with van der Waals surface area (Å²) in [6.45, 7) is 0. The second-order valence-corrected chi connectivity index (χ2v) is 3.68. The van der Waals surface area contributed by atoms with Gasteiger partial charge in [0.15, 0.2) is 5.78 Å². The van der Waals surface area contributed by atoms with Crippen molar-refractivity contribution in [3.8, 4) is 0 Å². The summed E-state index contributed by atoms with van der Waals surface area (Å²) in [6.07, 6.45) is 7.11. The Morgan fingerprint density at radius 3 is 3.00 bits per heavy atom. The summed E-state index contributed by atoms with van der Waals surface area (Å²) >= 11 is 0. The van der Waals surface area contributed by atoms with Gasteiger partial charge >= 0.3 is 0 Å². The van der Waals surface area contributed by atoms with Crippen LogP contribution in [-0.2, 0) is 18.3 Å². The monoisotopic (exact) mass is 191 g/mol. The average Bonchev–Trinajstić information content (AvgIpc) is 2.51. The van der Waals surface area contributed by atoms with Gasteiger partial charge < -0.3 is 0 Å². The minimum absolute atomic E-state index is 0.246. The van der Waals surface area contributed by atoms with Gasteiger partial charge in [-0.15, -0.1) is 5.10 Å². The lowest BCUT2D eigenvalue weighted by atomic mass is 9.95. The van der Waals surface area contributed by atoms with Crippen molar-refractivity contribution in [3.63, 3.8) is 0 Å². The molecule has 0 unspecified atom stereocenters. The number of aryl methyl sites for hydroxylation is 1. The highest BCUT2D eigenvalue weighted by Gasteiger charge is 2.11. The molecule has 14 heavy (non-hydrogen) atoms. The van der Waals surface area contributed by atoms with E-state index in [1.54, 1.807) is 10.8 Å². The highest BCUT2D eigenvalue weighted by Crippen LogP contribution is 2.18. The first-order valence-electron chi connectivity index (χ1n) is 4.81. The van der Waals surface area contributed by atoms with E-state index in [0.29, 0.717) is 6.42 Å². The van der Waals surface area contributed by atoms with Crippen molar-refractivity contribution in [3.05, 3.63) is 23.5 Å². The van der Waals surface area contributed by atoms with Crippen LogP contribution in [0.3, 0.4) is 0 Å². The first-order chi connectivity index (χ1) is 6.74. The summed E-state index contributed by atoms with van der Waals surface area (Å²) in [4.78, 5) is 11.2. The highest BCUT2D eigenvalue weighted by molar-refractivity contribution is 5.91. The van der Waals surface area contributed by atoms with Gasteiger partial charge in [0.2, 0.25) is 0 Å². The topological polar surface area (TPSA) is 47.8 Å². The number of rotatable bonds is 2. The Hall–Kier alpha value is -1.45. The molecule has 0 spiro atoms. The molecule has 4 heteroatoms. The number of aromatic nitrogens is 3. The van der Waals surface area contributed by atoms with Crippen LogP contribution in [0.25, 0.3) is 0 Å². The fourth-order valence-corrected chi connectivity index (χ4v) is 1.71. The molecule has 0 saturated heterocycles. The van der Waals surface area contributed by atoms with Gasteiger partial charge in [-0.2, -0.15) is 0 Å². The van der Waals surface area contributed by atoms with Crippen LogP contribution in [-0.4, -0.2) is 20.8 Å². The molecule has 74 valence electrons. The third-order valence-electron chi connectivity index (χ3n) is 2.34. The molecule has 0 aliphatic heterocycles. The molecule has 0 aromatic carbocycles. The van der Waals surface area contributed by atoms with E-state index in [1.807, 2.05) is 13.2 Å². The average molecular weight is 191 g/mol. The van der Waals surface area contributed by atoms with Gasteiger partial charge in [0.1, 0.15) is 0 Å². The van der Waals surface area contributed by atoms with Crippen LogP contribution < -0.4 is 0 Å². The smallest absolute Gasteiger partial charge is 0.155 e. The molecule has 4 nitrogen and oxygen atoms in total. The molecule has 0 N–H and O–H groups in total. The SMILES string of the molecule is Cn1cc(CC2=CC(=O)CCC2)nn1. The molecule has 0 amide bonds. The summed E-state index contributed by atoms with van der Waals surface area (Å²) in [5.74, 6) is 0.246. The Morgan fingerprint density at radius 2 is 2.36 bits per heavy atom. The molecule has 0 atom stereocenters. The number of allylic oxidation sites excluding steroid dienone is 2. The van der Waals surface area contributed by atoms with Crippen molar-refractivity contribution in [2.45, 2.75) is 25.7 Å². The molecule has 0 radical (unpaired) electrons. The quantitative estimate of drug-likeness (QED) is 0.701. The predicted octanol–water partition coefficient (Wildman–Crippen LogP) is 1.04. The van der Waals surface area contributed by atoms with Crippen molar-refractivity contribution in [1.82, 2.24) is 15.0 Å². The summed E-state index contributed by atoms with van der Waals surface area (Å²) in [5, 5.41) is 7.85. The van der Waals surface area contributed by atoms with E-state index in [1.165, 1.54) is 5.57 Å². The Balaban J connectivity index is 2.07. The first-order valence-corrected chi connectivity index (χ1v) is 4.81. The zero-order valence-electron chi connectivity index (χ0n) is 8.23. The molecule has 2 rings (SSSR count). The predicted molar refractivity (Wildman–Crippen MR) is 51.6 cm³/mol. The van der Waals surface area contributed by atoms with Crippen molar-refractivity contribution in [1.29, 1.82) is 0 Å². The molecule has 0 bridgehead atoms. The number of ketones is 1. The zero-order valence-corrected chi connectivity index (χ0v) is 8.23. The summed E-state index contributed by atoms with van der Waals surface area (Å²) in [7, 11) is 1.84. The van der Waals surface area contributed by atoms with Crippen LogP contribution in [0.15, 0.2) is 17.8 Å². The molecule has 1 heterocycles. The van der Waals surface area contributed by atoms with Crippen molar-refractivity contribution in [2.24, 2.45) is 7.05 Å². The Morgan fingerprint density at radius 1 is 1.50 bits per heavy atom. The van der Waals surface area contributed by atoms with Crippen LogP contribution in [0.1, 0.15) is 25.0 Å². The van der Waals surface area contributed by atoms with E-state index < -0.39 is 0 Å².